The number of hydrogen-bond donors (Lipinski definition) is 2. The number of anilines is 1. The molecule has 2 aromatic carbocycles. The summed E-state index contributed by atoms with van der Waals surface area (Å²) in [6, 6.07) is 8.53. The summed E-state index contributed by atoms with van der Waals surface area (Å²) < 4.78 is 68.8. The topological polar surface area (TPSA) is 97.3 Å². The van der Waals surface area contributed by atoms with E-state index in [0.29, 0.717) is 18.7 Å². The van der Waals surface area contributed by atoms with Crippen LogP contribution in [0.5, 0.6) is 5.75 Å². The minimum Gasteiger partial charge on any atom is -0.492 e. The van der Waals surface area contributed by atoms with E-state index in [1.807, 2.05) is 0 Å². The number of nitrogens with zero attached hydrogens (tertiary/aromatic N) is 1. The number of hydrogen-bond acceptors (Lipinski definition) is 5. The molecular weight excluding hydrogens is 500 g/mol. The molecule has 1 atom stereocenters. The largest absolute Gasteiger partial charge is 0.492 e. The summed E-state index contributed by atoms with van der Waals surface area (Å²) in [5, 5.41) is 11.5. The summed E-state index contributed by atoms with van der Waals surface area (Å²) in [7, 11) is 0. The first kappa shape index (κ1) is 29.8. The van der Waals surface area contributed by atoms with Gasteiger partial charge in [-0.05, 0) is 36.8 Å². The Bertz CT molecular complexity index is 1020. The number of aliphatic carboxylic acids is 1. The van der Waals surface area contributed by atoms with Gasteiger partial charge in [-0.3, -0.25) is 0 Å². The number of carbonyl (C=O) groups excluding carboxylic acids is 1. The van der Waals surface area contributed by atoms with Gasteiger partial charge in [-0.25, -0.2) is 27.2 Å². The van der Waals surface area contributed by atoms with Crippen molar-refractivity contribution in [3.8, 4) is 5.75 Å². The number of rotatable bonds is 15. The van der Waals surface area contributed by atoms with Gasteiger partial charge in [0, 0.05) is 32.6 Å². The summed E-state index contributed by atoms with van der Waals surface area (Å²) in [4.78, 5) is 25.1. The Morgan fingerprint density at radius 1 is 1.08 bits per heavy atom. The number of carbonyl (C=O) groups is 2. The maximum absolute atomic E-state index is 13.9. The van der Waals surface area contributed by atoms with Gasteiger partial charge in [0.1, 0.15) is 30.6 Å². The Hall–Kier alpha value is -3.38. The minimum absolute atomic E-state index is 0.000694. The van der Waals surface area contributed by atoms with Gasteiger partial charge in [-0.2, -0.15) is 0 Å². The van der Waals surface area contributed by atoms with E-state index in [4.69, 9.17) is 14.2 Å². The molecule has 0 saturated heterocycles. The molecule has 2 amide bonds. The van der Waals surface area contributed by atoms with Crippen LogP contribution in [0.1, 0.15) is 19.4 Å². The number of amides is 2. The van der Waals surface area contributed by atoms with E-state index in [9.17, 15) is 32.3 Å². The molecule has 37 heavy (non-hydrogen) atoms. The Morgan fingerprint density at radius 2 is 1.76 bits per heavy atom. The van der Waals surface area contributed by atoms with Crippen LogP contribution in [0.4, 0.5) is 28.0 Å². The Kier molecular flexibility index (Phi) is 11.6. The number of halogens is 4. The number of benzene rings is 2. The van der Waals surface area contributed by atoms with Crippen LogP contribution in [-0.2, 0) is 20.7 Å². The molecule has 8 nitrogen and oxygen atoms in total. The van der Waals surface area contributed by atoms with Gasteiger partial charge >= 0.3 is 12.0 Å². The molecule has 0 aliphatic carbocycles. The van der Waals surface area contributed by atoms with Crippen molar-refractivity contribution < 1.29 is 46.5 Å². The van der Waals surface area contributed by atoms with Crippen LogP contribution in [-0.4, -0.2) is 73.6 Å². The smallest absolute Gasteiger partial charge is 0.333 e. The van der Waals surface area contributed by atoms with Crippen LogP contribution in [0.15, 0.2) is 42.5 Å². The average Bonchev–Trinajstić information content (AvgIpc) is 2.82. The Morgan fingerprint density at radius 3 is 2.35 bits per heavy atom. The number of carboxylic acid groups (broad SMARTS) is 1. The highest BCUT2D eigenvalue weighted by molar-refractivity contribution is 5.89. The highest BCUT2D eigenvalue weighted by Crippen LogP contribution is 2.17. The lowest BCUT2D eigenvalue weighted by atomic mass is 10.1. The van der Waals surface area contributed by atoms with Gasteiger partial charge in [0.05, 0.1) is 18.8 Å². The van der Waals surface area contributed by atoms with Crippen molar-refractivity contribution in [2.75, 3.05) is 44.8 Å². The lowest BCUT2D eigenvalue weighted by molar-refractivity contribution is -0.149. The zero-order valence-corrected chi connectivity index (χ0v) is 20.5. The lowest BCUT2D eigenvalue weighted by Gasteiger charge is -2.24. The molecule has 204 valence electrons. The van der Waals surface area contributed by atoms with Crippen LogP contribution >= 0.6 is 0 Å². The molecule has 2 rings (SSSR count). The number of ether oxygens (including phenoxy) is 3. The zero-order chi connectivity index (χ0) is 27.4. The van der Waals surface area contributed by atoms with Crippen LogP contribution in [0.3, 0.4) is 0 Å². The third kappa shape index (κ3) is 11.0. The van der Waals surface area contributed by atoms with Crippen molar-refractivity contribution in [3.63, 3.8) is 0 Å². The van der Waals surface area contributed by atoms with Crippen molar-refractivity contribution in [1.82, 2.24) is 4.90 Å². The van der Waals surface area contributed by atoms with E-state index in [2.05, 4.69) is 5.32 Å². The molecule has 0 aromatic heterocycles. The highest BCUT2D eigenvalue weighted by Gasteiger charge is 2.22. The second-order valence-corrected chi connectivity index (χ2v) is 8.14. The van der Waals surface area contributed by atoms with E-state index >= 15 is 0 Å². The molecular formula is C25H30F4N2O6. The fourth-order valence-corrected chi connectivity index (χ4v) is 3.15. The Balaban J connectivity index is 1.96. The van der Waals surface area contributed by atoms with E-state index in [-0.39, 0.29) is 45.0 Å². The first-order chi connectivity index (χ1) is 17.5. The molecule has 0 fully saturated rings. The molecule has 0 aliphatic rings. The number of urea groups is 1. The van der Waals surface area contributed by atoms with Crippen LogP contribution < -0.4 is 10.1 Å². The standard InChI is InChI=1S/C25H30F4N2O6/c1-3-36-22(23(32)33)14-17-4-7-19(8-5-17)37-13-11-31(10-12-35-16-25(2,28)29)24(34)30-21-9-6-18(26)15-20(21)27/h4-9,15,22H,3,10-14,16H2,1-2H3,(H,30,34)(H,32,33). The monoisotopic (exact) mass is 530 g/mol. The normalized spacial score (nSPS) is 12.2. The van der Waals surface area contributed by atoms with Crippen molar-refractivity contribution in [2.24, 2.45) is 0 Å². The van der Waals surface area contributed by atoms with E-state index in [1.165, 1.54) is 4.90 Å². The third-order valence-corrected chi connectivity index (χ3v) is 4.94. The van der Waals surface area contributed by atoms with E-state index < -0.39 is 42.3 Å². The number of alkyl halides is 2. The van der Waals surface area contributed by atoms with Crippen molar-refractivity contribution >= 4 is 17.7 Å². The number of nitrogens with one attached hydrogen (secondary N) is 1. The van der Waals surface area contributed by atoms with E-state index in [0.717, 1.165) is 17.7 Å². The molecule has 0 saturated carbocycles. The quantitative estimate of drug-likeness (QED) is 0.259. The maximum Gasteiger partial charge on any atom is 0.333 e. The molecule has 0 aliphatic heterocycles. The van der Waals surface area contributed by atoms with Crippen LogP contribution in [0.25, 0.3) is 0 Å². The molecule has 0 heterocycles. The second-order valence-electron chi connectivity index (χ2n) is 8.14. The second kappa shape index (κ2) is 14.4. The molecule has 0 radical (unpaired) electrons. The summed E-state index contributed by atoms with van der Waals surface area (Å²) in [6.07, 6.45) is -0.793. The predicted octanol–water partition coefficient (Wildman–Crippen LogP) is 4.58. The average molecular weight is 531 g/mol. The van der Waals surface area contributed by atoms with Crippen molar-refractivity contribution in [3.05, 3.63) is 59.7 Å². The number of carboxylic acids is 1. The minimum atomic E-state index is -3.03. The van der Waals surface area contributed by atoms with Gasteiger partial charge in [0.15, 0.2) is 6.10 Å². The van der Waals surface area contributed by atoms with Crippen molar-refractivity contribution in [1.29, 1.82) is 0 Å². The maximum atomic E-state index is 13.9. The summed E-state index contributed by atoms with van der Waals surface area (Å²) in [6.45, 7) is 1.53. The van der Waals surface area contributed by atoms with Crippen LogP contribution in [0.2, 0.25) is 0 Å². The molecule has 2 N–H and O–H groups in total. The lowest BCUT2D eigenvalue weighted by Crippen LogP contribution is -2.40. The van der Waals surface area contributed by atoms with Gasteiger partial charge in [-0.1, -0.05) is 12.1 Å². The van der Waals surface area contributed by atoms with E-state index in [1.54, 1.807) is 31.2 Å². The first-order valence-corrected chi connectivity index (χ1v) is 11.5. The molecule has 0 spiro atoms. The summed E-state index contributed by atoms with van der Waals surface area (Å²) in [5.41, 5.74) is 0.473. The zero-order valence-electron chi connectivity index (χ0n) is 20.5. The SMILES string of the molecule is CCOC(Cc1ccc(OCCN(CCOCC(C)(F)F)C(=O)Nc2ccc(F)cc2F)cc1)C(=O)O. The summed E-state index contributed by atoms with van der Waals surface area (Å²) >= 11 is 0. The molecule has 0 bridgehead atoms. The highest BCUT2D eigenvalue weighted by atomic mass is 19.3. The van der Waals surface area contributed by atoms with Gasteiger partial charge in [-0.15, -0.1) is 0 Å². The Labute approximate surface area is 212 Å². The van der Waals surface area contributed by atoms with Gasteiger partial charge in [0.2, 0.25) is 0 Å². The molecule has 12 heteroatoms. The molecule has 2 aromatic rings. The van der Waals surface area contributed by atoms with Gasteiger partial charge in [0.25, 0.3) is 5.92 Å². The first-order valence-electron chi connectivity index (χ1n) is 11.5. The fraction of sp³-hybridized carbons (Fsp3) is 0.440. The van der Waals surface area contributed by atoms with Crippen LogP contribution in [0, 0.1) is 11.6 Å². The molecule has 1 unspecified atom stereocenters. The predicted molar refractivity (Wildman–Crippen MR) is 127 cm³/mol. The third-order valence-electron chi connectivity index (χ3n) is 4.94. The summed E-state index contributed by atoms with van der Waals surface area (Å²) in [5.74, 6) is -5.43. The van der Waals surface area contributed by atoms with Crippen molar-refractivity contribution in [2.45, 2.75) is 32.3 Å². The van der Waals surface area contributed by atoms with Gasteiger partial charge < -0.3 is 29.5 Å². The fourth-order valence-electron chi connectivity index (χ4n) is 3.15.